The van der Waals surface area contributed by atoms with Crippen molar-refractivity contribution >= 4 is 5.69 Å². The predicted molar refractivity (Wildman–Crippen MR) is 40.1 cm³/mol. The zero-order valence-electron chi connectivity index (χ0n) is 5.94. The summed E-state index contributed by atoms with van der Waals surface area (Å²) in [7, 11) is 1.36. The molecule has 0 unspecified atom stereocenters. The fraction of sp³-hybridized carbons (Fsp3) is 0.143. The molecule has 0 aliphatic heterocycles. The molecule has 0 fully saturated rings. The van der Waals surface area contributed by atoms with Crippen molar-refractivity contribution in [2.24, 2.45) is 5.18 Å². The van der Waals surface area contributed by atoms with Crippen molar-refractivity contribution in [2.45, 2.75) is 0 Å². The molecule has 1 aromatic rings. The van der Waals surface area contributed by atoms with Crippen LogP contribution in [-0.4, -0.2) is 12.2 Å². The smallest absolute Gasteiger partial charge is 0.189 e. The third kappa shape index (κ3) is 1.29. The standard InChI is InChI=1S/C7H7NO3/c1-11-7-5(8-10)3-2-4-6(7)9/h2-4,9H,1H3. The number of aromatic hydroxyl groups is 1. The maximum absolute atomic E-state index is 10.1. The summed E-state index contributed by atoms with van der Waals surface area (Å²) in [5, 5.41) is 11.8. The molecule has 1 N–H and O–H groups in total. The SMILES string of the molecule is COc1c(O)cccc1N=O. The lowest BCUT2D eigenvalue weighted by Gasteiger charge is -2.02. The highest BCUT2D eigenvalue weighted by Gasteiger charge is 2.06. The number of phenolic OH excluding ortho intramolecular Hbond substituents is 1. The van der Waals surface area contributed by atoms with Crippen molar-refractivity contribution in [3.63, 3.8) is 0 Å². The minimum atomic E-state index is -0.0791. The van der Waals surface area contributed by atoms with Gasteiger partial charge < -0.3 is 9.84 Å². The molecule has 0 aliphatic rings. The summed E-state index contributed by atoms with van der Waals surface area (Å²) in [6, 6.07) is 4.41. The Balaban J connectivity index is 3.23. The van der Waals surface area contributed by atoms with E-state index in [1.165, 1.54) is 25.3 Å². The second-order valence-electron chi connectivity index (χ2n) is 1.92. The highest BCUT2D eigenvalue weighted by molar-refractivity contribution is 5.58. The quantitative estimate of drug-likeness (QED) is 0.659. The molecular weight excluding hydrogens is 146 g/mol. The molecule has 0 saturated carbocycles. The first-order valence-corrected chi connectivity index (χ1v) is 2.99. The van der Waals surface area contributed by atoms with Crippen molar-refractivity contribution in [2.75, 3.05) is 7.11 Å². The van der Waals surface area contributed by atoms with Crippen LogP contribution in [-0.2, 0) is 0 Å². The number of benzene rings is 1. The second-order valence-corrected chi connectivity index (χ2v) is 1.92. The Bertz CT molecular complexity index is 272. The van der Waals surface area contributed by atoms with E-state index in [4.69, 9.17) is 9.84 Å². The highest BCUT2D eigenvalue weighted by atomic mass is 16.5. The molecule has 0 atom stereocenters. The Hall–Kier alpha value is -1.58. The van der Waals surface area contributed by atoms with E-state index in [-0.39, 0.29) is 17.2 Å². The lowest BCUT2D eigenvalue weighted by Crippen LogP contribution is -1.82. The number of hydrogen-bond acceptors (Lipinski definition) is 4. The predicted octanol–water partition coefficient (Wildman–Crippen LogP) is 1.80. The van der Waals surface area contributed by atoms with Crippen molar-refractivity contribution in [1.82, 2.24) is 0 Å². The van der Waals surface area contributed by atoms with Gasteiger partial charge in [0.25, 0.3) is 0 Å². The molecule has 1 aromatic carbocycles. The van der Waals surface area contributed by atoms with E-state index in [9.17, 15) is 4.91 Å². The van der Waals surface area contributed by atoms with Gasteiger partial charge in [0.2, 0.25) is 0 Å². The van der Waals surface area contributed by atoms with Gasteiger partial charge >= 0.3 is 0 Å². The van der Waals surface area contributed by atoms with Gasteiger partial charge in [-0.15, -0.1) is 4.91 Å². The molecule has 0 amide bonds. The van der Waals surface area contributed by atoms with Crippen LogP contribution in [0.2, 0.25) is 0 Å². The third-order valence-electron chi connectivity index (χ3n) is 1.28. The number of methoxy groups -OCH3 is 1. The van der Waals surface area contributed by atoms with Crippen LogP contribution in [0.15, 0.2) is 23.4 Å². The molecule has 0 heterocycles. The molecule has 1 rings (SSSR count). The fourth-order valence-electron chi connectivity index (χ4n) is 0.794. The molecule has 11 heavy (non-hydrogen) atoms. The van der Waals surface area contributed by atoms with Crippen molar-refractivity contribution in [3.05, 3.63) is 23.1 Å². The monoisotopic (exact) mass is 153 g/mol. The lowest BCUT2D eigenvalue weighted by molar-refractivity contribution is 0.375. The summed E-state index contributed by atoms with van der Waals surface area (Å²) < 4.78 is 4.72. The molecule has 0 spiro atoms. The van der Waals surface area contributed by atoms with Gasteiger partial charge in [-0.25, -0.2) is 0 Å². The van der Waals surface area contributed by atoms with Crippen molar-refractivity contribution in [3.8, 4) is 11.5 Å². The minimum Gasteiger partial charge on any atom is -0.504 e. The maximum atomic E-state index is 10.1. The Kier molecular flexibility index (Phi) is 2.06. The number of para-hydroxylation sites is 1. The molecular formula is C7H7NO3. The van der Waals surface area contributed by atoms with E-state index < -0.39 is 0 Å². The van der Waals surface area contributed by atoms with E-state index in [1.807, 2.05) is 0 Å². The largest absolute Gasteiger partial charge is 0.504 e. The summed E-state index contributed by atoms with van der Waals surface area (Å²) in [6.45, 7) is 0. The first kappa shape index (κ1) is 7.53. The van der Waals surface area contributed by atoms with Crippen LogP contribution >= 0.6 is 0 Å². The molecule has 0 saturated heterocycles. The topological polar surface area (TPSA) is 58.9 Å². The average Bonchev–Trinajstić information content (AvgIpc) is 2.04. The first-order chi connectivity index (χ1) is 5.29. The molecule has 4 heteroatoms. The number of rotatable bonds is 2. The zero-order chi connectivity index (χ0) is 8.27. The normalized spacial score (nSPS) is 9.18. The molecule has 0 aliphatic carbocycles. The van der Waals surface area contributed by atoms with Crippen molar-refractivity contribution in [1.29, 1.82) is 0 Å². The van der Waals surface area contributed by atoms with Crippen LogP contribution in [0.3, 0.4) is 0 Å². The third-order valence-corrected chi connectivity index (χ3v) is 1.28. The van der Waals surface area contributed by atoms with Crippen LogP contribution in [0.1, 0.15) is 0 Å². The molecule has 0 bridgehead atoms. The van der Waals surface area contributed by atoms with Crippen LogP contribution in [0.25, 0.3) is 0 Å². The van der Waals surface area contributed by atoms with Gasteiger partial charge in [0, 0.05) is 0 Å². The van der Waals surface area contributed by atoms with Gasteiger partial charge in [0.05, 0.1) is 7.11 Å². The van der Waals surface area contributed by atoms with Crippen LogP contribution < -0.4 is 4.74 Å². The van der Waals surface area contributed by atoms with Crippen molar-refractivity contribution < 1.29 is 9.84 Å². The number of phenols is 1. The summed E-state index contributed by atoms with van der Waals surface area (Å²) in [6.07, 6.45) is 0. The van der Waals surface area contributed by atoms with Gasteiger partial charge in [-0.05, 0) is 17.3 Å². The Morgan fingerprint density at radius 2 is 2.27 bits per heavy atom. The van der Waals surface area contributed by atoms with E-state index in [0.717, 1.165) is 0 Å². The van der Waals surface area contributed by atoms with E-state index in [1.54, 1.807) is 0 Å². The summed E-state index contributed by atoms with van der Waals surface area (Å²) in [5.41, 5.74) is 0.104. The summed E-state index contributed by atoms with van der Waals surface area (Å²) >= 11 is 0. The molecule has 0 aromatic heterocycles. The van der Waals surface area contributed by atoms with E-state index in [0.29, 0.717) is 0 Å². The van der Waals surface area contributed by atoms with Crippen LogP contribution in [0.5, 0.6) is 11.5 Å². The molecule has 0 radical (unpaired) electrons. The highest BCUT2D eigenvalue weighted by Crippen LogP contribution is 2.35. The number of ether oxygens (including phenoxy) is 1. The van der Waals surface area contributed by atoms with E-state index in [2.05, 4.69) is 5.18 Å². The van der Waals surface area contributed by atoms with Gasteiger partial charge in [-0.3, -0.25) is 0 Å². The summed E-state index contributed by atoms with van der Waals surface area (Å²) in [5.74, 6) is 0.0344. The Morgan fingerprint density at radius 3 is 2.73 bits per heavy atom. The zero-order valence-corrected chi connectivity index (χ0v) is 5.94. The number of nitrogens with zero attached hydrogens (tertiary/aromatic N) is 1. The Morgan fingerprint density at radius 1 is 1.55 bits per heavy atom. The average molecular weight is 153 g/mol. The van der Waals surface area contributed by atoms with Crippen LogP contribution in [0.4, 0.5) is 5.69 Å². The van der Waals surface area contributed by atoms with Crippen LogP contribution in [0, 0.1) is 4.91 Å². The summed E-state index contributed by atoms with van der Waals surface area (Å²) in [4.78, 5) is 10.1. The fourth-order valence-corrected chi connectivity index (χ4v) is 0.794. The van der Waals surface area contributed by atoms with Gasteiger partial charge in [0.1, 0.15) is 0 Å². The maximum Gasteiger partial charge on any atom is 0.189 e. The lowest BCUT2D eigenvalue weighted by atomic mass is 10.3. The first-order valence-electron chi connectivity index (χ1n) is 2.99. The molecule has 4 nitrogen and oxygen atoms in total. The van der Waals surface area contributed by atoms with Gasteiger partial charge in [-0.1, -0.05) is 6.07 Å². The van der Waals surface area contributed by atoms with Gasteiger partial charge in [-0.2, -0.15) is 0 Å². The van der Waals surface area contributed by atoms with E-state index >= 15 is 0 Å². The second kappa shape index (κ2) is 3.01. The Labute approximate surface area is 63.4 Å². The number of nitroso groups, excluding NO2 is 1. The minimum absolute atomic E-state index is 0.0791. The number of hydrogen-bond donors (Lipinski definition) is 1. The van der Waals surface area contributed by atoms with Gasteiger partial charge in [0.15, 0.2) is 17.2 Å². The molecule has 58 valence electrons.